The van der Waals surface area contributed by atoms with Crippen LogP contribution in [0.2, 0.25) is 0 Å². The van der Waals surface area contributed by atoms with Crippen molar-refractivity contribution in [2.45, 2.75) is 38.6 Å². The number of nitrogens with two attached hydrogens (primary N) is 1. The van der Waals surface area contributed by atoms with Crippen molar-refractivity contribution >= 4 is 17.3 Å². The minimum atomic E-state index is -0.0221. The Morgan fingerprint density at radius 2 is 2.10 bits per heavy atom. The van der Waals surface area contributed by atoms with Gasteiger partial charge in [0.05, 0.1) is 23.4 Å². The Morgan fingerprint density at radius 3 is 2.95 bits per heavy atom. The molecule has 0 aliphatic heterocycles. The number of nitrogens with one attached hydrogen (secondary N) is 1. The first-order valence-corrected chi connectivity index (χ1v) is 7.41. The SMILES string of the molecule is Nc1ccccc1NC(=O)CCn1cnc2c1CCCC2. The summed E-state index contributed by atoms with van der Waals surface area (Å²) in [5.41, 5.74) is 9.59. The molecule has 0 unspecified atom stereocenters. The van der Waals surface area contributed by atoms with Crippen LogP contribution in [-0.4, -0.2) is 15.5 Å². The number of nitrogen functional groups attached to an aromatic ring is 1. The average molecular weight is 284 g/mol. The number of anilines is 2. The number of nitrogens with zero attached hydrogens (tertiary/aromatic N) is 2. The van der Waals surface area contributed by atoms with Crippen molar-refractivity contribution in [1.82, 2.24) is 9.55 Å². The molecule has 1 aromatic heterocycles. The normalized spacial score (nSPS) is 13.7. The van der Waals surface area contributed by atoms with E-state index in [-0.39, 0.29) is 5.91 Å². The first kappa shape index (κ1) is 13.7. The molecule has 1 aliphatic rings. The Morgan fingerprint density at radius 1 is 1.29 bits per heavy atom. The molecule has 21 heavy (non-hydrogen) atoms. The monoisotopic (exact) mass is 284 g/mol. The molecule has 0 spiro atoms. The Bertz CT molecular complexity index is 647. The van der Waals surface area contributed by atoms with Gasteiger partial charge in [0.2, 0.25) is 5.91 Å². The van der Waals surface area contributed by atoms with Crippen molar-refractivity contribution in [1.29, 1.82) is 0 Å². The van der Waals surface area contributed by atoms with Crippen LogP contribution in [0.5, 0.6) is 0 Å². The van der Waals surface area contributed by atoms with Gasteiger partial charge in [0.1, 0.15) is 0 Å². The van der Waals surface area contributed by atoms with Crippen molar-refractivity contribution in [3.05, 3.63) is 42.0 Å². The van der Waals surface area contributed by atoms with E-state index in [0.29, 0.717) is 24.3 Å². The molecule has 0 atom stereocenters. The maximum Gasteiger partial charge on any atom is 0.226 e. The van der Waals surface area contributed by atoms with E-state index >= 15 is 0 Å². The van der Waals surface area contributed by atoms with Crippen LogP contribution in [0.1, 0.15) is 30.7 Å². The third kappa shape index (κ3) is 3.07. The summed E-state index contributed by atoms with van der Waals surface area (Å²) < 4.78 is 2.11. The van der Waals surface area contributed by atoms with Gasteiger partial charge < -0.3 is 15.6 Å². The predicted octanol–water partition coefficient (Wildman–Crippen LogP) is 2.37. The van der Waals surface area contributed by atoms with Crippen LogP contribution in [0, 0.1) is 0 Å². The fourth-order valence-electron chi connectivity index (χ4n) is 2.77. The van der Waals surface area contributed by atoms with Crippen LogP contribution in [0.3, 0.4) is 0 Å². The number of imidazole rings is 1. The fourth-order valence-corrected chi connectivity index (χ4v) is 2.77. The molecule has 1 aromatic carbocycles. The lowest BCUT2D eigenvalue weighted by atomic mass is 10.0. The van der Waals surface area contributed by atoms with Crippen LogP contribution < -0.4 is 11.1 Å². The molecule has 5 heteroatoms. The zero-order valence-corrected chi connectivity index (χ0v) is 12.0. The van der Waals surface area contributed by atoms with Crippen LogP contribution in [0.25, 0.3) is 0 Å². The van der Waals surface area contributed by atoms with E-state index in [9.17, 15) is 4.79 Å². The molecule has 0 saturated carbocycles. The Kier molecular flexibility index (Phi) is 3.90. The van der Waals surface area contributed by atoms with E-state index in [0.717, 1.165) is 12.8 Å². The first-order valence-electron chi connectivity index (χ1n) is 7.41. The summed E-state index contributed by atoms with van der Waals surface area (Å²) in [4.78, 5) is 16.5. The Hall–Kier alpha value is -2.30. The van der Waals surface area contributed by atoms with Gasteiger partial charge in [0.25, 0.3) is 0 Å². The number of aromatic nitrogens is 2. The smallest absolute Gasteiger partial charge is 0.226 e. The second-order valence-electron chi connectivity index (χ2n) is 5.42. The largest absolute Gasteiger partial charge is 0.397 e. The van der Waals surface area contributed by atoms with Gasteiger partial charge in [0, 0.05) is 18.7 Å². The van der Waals surface area contributed by atoms with Gasteiger partial charge in [-0.2, -0.15) is 0 Å². The number of amides is 1. The lowest BCUT2D eigenvalue weighted by Crippen LogP contribution is -2.16. The van der Waals surface area contributed by atoms with Crippen molar-refractivity contribution in [2.75, 3.05) is 11.1 Å². The number of hydrogen-bond acceptors (Lipinski definition) is 3. The molecule has 1 amide bonds. The summed E-state index contributed by atoms with van der Waals surface area (Å²) >= 11 is 0. The highest BCUT2D eigenvalue weighted by Crippen LogP contribution is 2.20. The Labute approximate surface area is 124 Å². The third-order valence-electron chi connectivity index (χ3n) is 3.92. The predicted molar refractivity (Wildman–Crippen MR) is 83.0 cm³/mol. The average Bonchev–Trinajstić information content (AvgIpc) is 2.91. The summed E-state index contributed by atoms with van der Waals surface area (Å²) in [7, 11) is 0. The van der Waals surface area contributed by atoms with E-state index in [1.165, 1.54) is 24.2 Å². The van der Waals surface area contributed by atoms with E-state index in [1.54, 1.807) is 6.07 Å². The highest BCUT2D eigenvalue weighted by molar-refractivity contribution is 5.93. The number of hydrogen-bond donors (Lipinski definition) is 2. The second-order valence-corrected chi connectivity index (χ2v) is 5.42. The van der Waals surface area contributed by atoms with E-state index in [4.69, 9.17) is 5.73 Å². The van der Waals surface area contributed by atoms with Crippen molar-refractivity contribution in [3.8, 4) is 0 Å². The van der Waals surface area contributed by atoms with Crippen molar-refractivity contribution in [3.63, 3.8) is 0 Å². The van der Waals surface area contributed by atoms with Gasteiger partial charge in [-0.1, -0.05) is 12.1 Å². The molecule has 3 rings (SSSR count). The van der Waals surface area contributed by atoms with Gasteiger partial charge in [-0.25, -0.2) is 4.98 Å². The summed E-state index contributed by atoms with van der Waals surface area (Å²) in [6.07, 6.45) is 6.86. The number of para-hydroxylation sites is 2. The van der Waals surface area contributed by atoms with Crippen molar-refractivity contribution < 1.29 is 4.79 Å². The van der Waals surface area contributed by atoms with Gasteiger partial charge in [-0.3, -0.25) is 4.79 Å². The van der Waals surface area contributed by atoms with Gasteiger partial charge >= 0.3 is 0 Å². The van der Waals surface area contributed by atoms with Gasteiger partial charge in [-0.15, -0.1) is 0 Å². The van der Waals surface area contributed by atoms with Crippen LogP contribution in [0.15, 0.2) is 30.6 Å². The first-order chi connectivity index (χ1) is 10.2. The fraction of sp³-hybridized carbons (Fsp3) is 0.375. The summed E-state index contributed by atoms with van der Waals surface area (Å²) in [5.74, 6) is -0.0221. The highest BCUT2D eigenvalue weighted by atomic mass is 16.1. The Balaban J connectivity index is 1.59. The van der Waals surface area contributed by atoms with Gasteiger partial charge in [0.15, 0.2) is 0 Å². The quantitative estimate of drug-likeness (QED) is 0.847. The highest BCUT2D eigenvalue weighted by Gasteiger charge is 2.15. The molecule has 0 saturated heterocycles. The molecule has 0 radical (unpaired) electrons. The minimum Gasteiger partial charge on any atom is -0.397 e. The molecule has 1 aliphatic carbocycles. The molecule has 0 fully saturated rings. The molecular weight excluding hydrogens is 264 g/mol. The number of aryl methyl sites for hydroxylation is 2. The second kappa shape index (κ2) is 5.99. The molecule has 1 heterocycles. The number of carbonyl (C=O) groups excluding carboxylic acids is 1. The molecular formula is C16H20N4O. The lowest BCUT2D eigenvalue weighted by Gasteiger charge is -2.14. The molecule has 110 valence electrons. The molecule has 2 aromatic rings. The minimum absolute atomic E-state index is 0.0221. The van der Waals surface area contributed by atoms with E-state index < -0.39 is 0 Å². The maximum atomic E-state index is 12.0. The van der Waals surface area contributed by atoms with E-state index in [1.807, 2.05) is 24.5 Å². The zero-order valence-electron chi connectivity index (χ0n) is 12.0. The summed E-state index contributed by atoms with van der Waals surface area (Å²) in [6.45, 7) is 0.668. The lowest BCUT2D eigenvalue weighted by molar-refractivity contribution is -0.116. The standard InChI is InChI=1S/C16H20N4O/c17-12-5-1-2-6-13(12)19-16(21)9-10-20-11-18-14-7-3-4-8-15(14)20/h1-2,5-6,11H,3-4,7-10,17H2,(H,19,21). The molecule has 0 bridgehead atoms. The van der Waals surface area contributed by atoms with Crippen molar-refractivity contribution in [2.24, 2.45) is 0 Å². The topological polar surface area (TPSA) is 72.9 Å². The zero-order chi connectivity index (χ0) is 14.7. The number of benzene rings is 1. The molecule has 5 nitrogen and oxygen atoms in total. The third-order valence-corrected chi connectivity index (χ3v) is 3.92. The summed E-state index contributed by atoms with van der Waals surface area (Å²) in [6, 6.07) is 7.30. The van der Waals surface area contributed by atoms with Gasteiger partial charge in [-0.05, 0) is 37.8 Å². The molecule has 3 N–H and O–H groups in total. The maximum absolute atomic E-state index is 12.0. The number of fused-ring (bicyclic) bond motifs is 1. The van der Waals surface area contributed by atoms with Crippen LogP contribution in [-0.2, 0) is 24.2 Å². The summed E-state index contributed by atoms with van der Waals surface area (Å²) in [5, 5.41) is 2.86. The van der Waals surface area contributed by atoms with E-state index in [2.05, 4.69) is 14.9 Å². The van der Waals surface area contributed by atoms with Crippen LogP contribution in [0.4, 0.5) is 11.4 Å². The number of rotatable bonds is 4. The number of carbonyl (C=O) groups is 1. The van der Waals surface area contributed by atoms with Crippen LogP contribution >= 0.6 is 0 Å².